The second-order valence-electron chi connectivity index (χ2n) is 7.19. The van der Waals surface area contributed by atoms with Gasteiger partial charge in [-0.25, -0.2) is 13.1 Å². The number of hydrogen-bond donors (Lipinski definition) is 1. The van der Waals surface area contributed by atoms with Gasteiger partial charge in [-0.2, -0.15) is 8.42 Å². The SMILES string of the molecule is CS(=O)(=O)NCCCCOCCOCCOCCOCCOCCOCCOCCOS(C)(=O)=O. The zero-order valence-electron chi connectivity index (χ0n) is 20.9. The topological polar surface area (TPSA) is 154 Å². The minimum absolute atomic E-state index is 0.00524. The van der Waals surface area contributed by atoms with Crippen molar-refractivity contribution in [1.82, 2.24) is 4.72 Å². The van der Waals surface area contributed by atoms with Crippen LogP contribution in [-0.2, 0) is 57.5 Å². The van der Waals surface area contributed by atoms with Crippen molar-refractivity contribution in [2.45, 2.75) is 12.8 Å². The quantitative estimate of drug-likeness (QED) is 0.0972. The van der Waals surface area contributed by atoms with E-state index in [1.165, 1.54) is 0 Å². The van der Waals surface area contributed by atoms with Crippen LogP contribution in [0.25, 0.3) is 0 Å². The number of rotatable bonds is 28. The van der Waals surface area contributed by atoms with Crippen LogP contribution < -0.4 is 4.72 Å². The summed E-state index contributed by atoms with van der Waals surface area (Å²) in [6, 6.07) is 0. The molecular weight excluding hydrogens is 510 g/mol. The fraction of sp³-hybridized carbons (Fsp3) is 1.00. The standard InChI is InChI=1S/C20H43NO12S2/c1-34(22,23)21-5-3-4-6-26-7-8-27-9-10-28-11-12-29-13-14-30-15-16-31-17-18-32-19-20-33-35(2,24)25/h21H,3-20H2,1-2H3. The highest BCUT2D eigenvalue weighted by molar-refractivity contribution is 7.88. The van der Waals surface area contributed by atoms with E-state index in [4.69, 9.17) is 33.2 Å². The molecule has 0 saturated carbocycles. The van der Waals surface area contributed by atoms with Gasteiger partial charge in [0, 0.05) is 13.2 Å². The molecule has 35 heavy (non-hydrogen) atoms. The molecule has 0 fully saturated rings. The van der Waals surface area contributed by atoms with Crippen LogP contribution in [0, 0.1) is 0 Å². The smallest absolute Gasteiger partial charge is 0.264 e. The molecule has 0 aliphatic rings. The van der Waals surface area contributed by atoms with Crippen LogP contribution >= 0.6 is 0 Å². The summed E-state index contributed by atoms with van der Waals surface area (Å²) in [5.74, 6) is 0. The van der Waals surface area contributed by atoms with Crippen molar-refractivity contribution in [3.05, 3.63) is 0 Å². The second-order valence-corrected chi connectivity index (χ2v) is 10.7. The molecule has 0 heterocycles. The average Bonchev–Trinajstić information content (AvgIpc) is 2.77. The van der Waals surface area contributed by atoms with E-state index in [2.05, 4.69) is 8.91 Å². The van der Waals surface area contributed by atoms with Gasteiger partial charge < -0.3 is 33.2 Å². The maximum atomic E-state index is 10.9. The molecule has 212 valence electrons. The van der Waals surface area contributed by atoms with Gasteiger partial charge >= 0.3 is 0 Å². The summed E-state index contributed by atoms with van der Waals surface area (Å²) in [4.78, 5) is 0. The monoisotopic (exact) mass is 553 g/mol. The Kier molecular flexibility index (Phi) is 23.6. The van der Waals surface area contributed by atoms with Crippen molar-refractivity contribution in [1.29, 1.82) is 0 Å². The van der Waals surface area contributed by atoms with Gasteiger partial charge in [0.15, 0.2) is 0 Å². The molecule has 13 nitrogen and oxygen atoms in total. The van der Waals surface area contributed by atoms with Crippen LogP contribution in [0.1, 0.15) is 12.8 Å². The van der Waals surface area contributed by atoms with Crippen molar-refractivity contribution in [3.63, 3.8) is 0 Å². The van der Waals surface area contributed by atoms with E-state index in [-0.39, 0.29) is 13.2 Å². The Labute approximate surface area is 210 Å². The molecule has 0 aliphatic heterocycles. The zero-order valence-corrected chi connectivity index (χ0v) is 22.6. The van der Waals surface area contributed by atoms with E-state index in [0.29, 0.717) is 92.4 Å². The van der Waals surface area contributed by atoms with Crippen molar-refractivity contribution < 1.29 is 54.2 Å². The van der Waals surface area contributed by atoms with E-state index in [1.807, 2.05) is 0 Å². The van der Waals surface area contributed by atoms with Crippen LogP contribution in [0.4, 0.5) is 0 Å². The van der Waals surface area contributed by atoms with Gasteiger partial charge in [0.25, 0.3) is 10.1 Å². The lowest BCUT2D eigenvalue weighted by atomic mass is 10.3. The summed E-state index contributed by atoms with van der Waals surface area (Å²) < 4.78 is 87.6. The van der Waals surface area contributed by atoms with Gasteiger partial charge in [-0.05, 0) is 12.8 Å². The molecule has 0 aliphatic carbocycles. The maximum absolute atomic E-state index is 10.9. The Bertz CT molecular complexity index is 605. The molecular formula is C20H43NO12S2. The Morgan fingerprint density at radius 3 is 1.09 bits per heavy atom. The summed E-state index contributed by atoms with van der Waals surface area (Å²) in [5.41, 5.74) is 0. The third-order valence-corrected chi connectivity index (χ3v) is 5.16. The van der Waals surface area contributed by atoms with Crippen molar-refractivity contribution in [3.8, 4) is 0 Å². The molecule has 0 aromatic rings. The number of hydrogen-bond acceptors (Lipinski definition) is 12. The zero-order chi connectivity index (χ0) is 26.1. The van der Waals surface area contributed by atoms with E-state index in [9.17, 15) is 16.8 Å². The number of nitrogens with one attached hydrogen (secondary N) is 1. The maximum Gasteiger partial charge on any atom is 0.264 e. The first-order valence-electron chi connectivity index (χ1n) is 11.5. The molecule has 0 rings (SSSR count). The van der Waals surface area contributed by atoms with Crippen LogP contribution in [0.15, 0.2) is 0 Å². The van der Waals surface area contributed by atoms with Gasteiger partial charge in [-0.1, -0.05) is 0 Å². The van der Waals surface area contributed by atoms with Crippen LogP contribution in [0.5, 0.6) is 0 Å². The molecule has 0 unspecified atom stereocenters. The van der Waals surface area contributed by atoms with E-state index in [0.717, 1.165) is 25.4 Å². The fourth-order valence-corrected chi connectivity index (χ4v) is 3.14. The predicted molar refractivity (Wildman–Crippen MR) is 129 cm³/mol. The minimum Gasteiger partial charge on any atom is -0.379 e. The molecule has 0 saturated heterocycles. The lowest BCUT2D eigenvalue weighted by Crippen LogP contribution is -2.23. The molecule has 0 bridgehead atoms. The number of unbranched alkanes of at least 4 members (excludes halogenated alkanes) is 1. The summed E-state index contributed by atoms with van der Waals surface area (Å²) in [6.45, 7) is 6.58. The molecule has 15 heteroatoms. The number of sulfonamides is 1. The largest absolute Gasteiger partial charge is 0.379 e. The average molecular weight is 554 g/mol. The predicted octanol–water partition coefficient (Wildman–Crippen LogP) is -0.592. The van der Waals surface area contributed by atoms with E-state index >= 15 is 0 Å². The van der Waals surface area contributed by atoms with E-state index in [1.54, 1.807) is 0 Å². The van der Waals surface area contributed by atoms with Gasteiger partial charge in [-0.15, -0.1) is 0 Å². The Hall–Kier alpha value is -0.460. The normalized spacial score (nSPS) is 12.4. The lowest BCUT2D eigenvalue weighted by Gasteiger charge is -2.08. The highest BCUT2D eigenvalue weighted by Gasteiger charge is 2.01. The Morgan fingerprint density at radius 2 is 0.771 bits per heavy atom. The van der Waals surface area contributed by atoms with Crippen molar-refractivity contribution in [2.24, 2.45) is 0 Å². The highest BCUT2D eigenvalue weighted by Crippen LogP contribution is 1.91. The fourth-order valence-electron chi connectivity index (χ4n) is 2.25. The van der Waals surface area contributed by atoms with Crippen LogP contribution in [0.3, 0.4) is 0 Å². The summed E-state index contributed by atoms with van der Waals surface area (Å²) in [5, 5.41) is 0. The first-order valence-corrected chi connectivity index (χ1v) is 15.2. The molecule has 0 spiro atoms. The summed E-state index contributed by atoms with van der Waals surface area (Å²) in [7, 11) is -6.53. The summed E-state index contributed by atoms with van der Waals surface area (Å²) in [6.07, 6.45) is 3.65. The van der Waals surface area contributed by atoms with Gasteiger partial charge in [0.1, 0.15) is 0 Å². The molecule has 0 radical (unpaired) electrons. The minimum atomic E-state index is -3.42. The van der Waals surface area contributed by atoms with Gasteiger partial charge in [-0.3, -0.25) is 4.18 Å². The van der Waals surface area contributed by atoms with E-state index < -0.39 is 20.1 Å². The number of ether oxygens (including phenoxy) is 7. The Balaban J connectivity index is 3.09. The molecule has 1 N–H and O–H groups in total. The van der Waals surface area contributed by atoms with Crippen molar-refractivity contribution in [2.75, 3.05) is 118 Å². The van der Waals surface area contributed by atoms with Gasteiger partial charge in [0.2, 0.25) is 10.0 Å². The lowest BCUT2D eigenvalue weighted by molar-refractivity contribution is -0.0212. The van der Waals surface area contributed by atoms with Gasteiger partial charge in [0.05, 0.1) is 105 Å². The molecule has 0 aromatic carbocycles. The highest BCUT2D eigenvalue weighted by atomic mass is 32.2. The molecule has 0 amide bonds. The first-order chi connectivity index (χ1) is 16.7. The summed E-state index contributed by atoms with van der Waals surface area (Å²) >= 11 is 0. The molecule has 0 atom stereocenters. The van der Waals surface area contributed by atoms with Crippen LogP contribution in [-0.4, -0.2) is 135 Å². The van der Waals surface area contributed by atoms with Crippen molar-refractivity contribution >= 4 is 20.1 Å². The first kappa shape index (κ1) is 34.5. The molecule has 0 aromatic heterocycles. The third-order valence-electron chi connectivity index (χ3n) is 3.84. The third kappa shape index (κ3) is 33.5. The second kappa shape index (κ2) is 23.9. The Morgan fingerprint density at radius 1 is 0.457 bits per heavy atom. The van der Waals surface area contributed by atoms with Crippen LogP contribution in [0.2, 0.25) is 0 Å².